The van der Waals surface area contributed by atoms with Crippen molar-refractivity contribution in [2.45, 2.75) is 19.4 Å². The highest BCUT2D eigenvalue weighted by Gasteiger charge is 2.14. The molecule has 0 saturated carbocycles. The van der Waals surface area contributed by atoms with Crippen LogP contribution in [0.15, 0.2) is 36.4 Å². The van der Waals surface area contributed by atoms with Gasteiger partial charge >= 0.3 is 0 Å². The number of benzene rings is 2. The topological polar surface area (TPSA) is 38.0 Å². The first-order valence-corrected chi connectivity index (χ1v) is 6.93. The van der Waals surface area contributed by atoms with Gasteiger partial charge in [0.05, 0.1) is 6.04 Å². The number of hydrogen-bond donors (Lipinski definition) is 2. The van der Waals surface area contributed by atoms with Crippen LogP contribution in [0.1, 0.15) is 22.7 Å². The Hall–Kier alpha value is -1.13. The molecule has 3 N–H and O–H groups in total. The Morgan fingerprint density at radius 1 is 1.20 bits per heavy atom. The molecule has 2 nitrogen and oxygen atoms in total. The zero-order valence-electron chi connectivity index (χ0n) is 11.0. The molecule has 0 saturated heterocycles. The number of rotatable bonds is 4. The van der Waals surface area contributed by atoms with Crippen LogP contribution in [0, 0.1) is 12.7 Å². The molecular formula is C15H15Cl2FN2. The third kappa shape index (κ3) is 3.49. The lowest BCUT2D eigenvalue weighted by molar-refractivity contribution is 0.529. The van der Waals surface area contributed by atoms with Crippen LogP contribution in [0.5, 0.6) is 0 Å². The van der Waals surface area contributed by atoms with Gasteiger partial charge in [0.15, 0.2) is 0 Å². The molecule has 0 bridgehead atoms. The van der Waals surface area contributed by atoms with Gasteiger partial charge in [-0.1, -0.05) is 41.4 Å². The first-order valence-electron chi connectivity index (χ1n) is 6.17. The molecule has 0 radical (unpaired) electrons. The number of hydrazine groups is 1. The summed E-state index contributed by atoms with van der Waals surface area (Å²) in [6.07, 6.45) is 0.416. The summed E-state index contributed by atoms with van der Waals surface area (Å²) >= 11 is 11.9. The minimum atomic E-state index is -0.337. The maximum Gasteiger partial charge on any atom is 0.127 e. The van der Waals surface area contributed by atoms with Gasteiger partial charge in [-0.2, -0.15) is 0 Å². The van der Waals surface area contributed by atoms with Crippen LogP contribution in [0.2, 0.25) is 10.0 Å². The number of hydrogen-bond acceptors (Lipinski definition) is 2. The van der Waals surface area contributed by atoms with E-state index in [1.54, 1.807) is 12.1 Å². The average molecular weight is 313 g/mol. The Morgan fingerprint density at radius 3 is 2.55 bits per heavy atom. The van der Waals surface area contributed by atoms with E-state index in [1.807, 2.05) is 25.1 Å². The van der Waals surface area contributed by atoms with E-state index in [0.717, 1.165) is 11.1 Å². The van der Waals surface area contributed by atoms with Gasteiger partial charge in [0, 0.05) is 10.0 Å². The van der Waals surface area contributed by atoms with Crippen molar-refractivity contribution in [2.24, 2.45) is 5.84 Å². The lowest BCUT2D eigenvalue weighted by Crippen LogP contribution is -2.29. The maximum atomic E-state index is 13.8. The van der Waals surface area contributed by atoms with E-state index in [9.17, 15) is 4.39 Å². The van der Waals surface area contributed by atoms with E-state index in [2.05, 4.69) is 5.43 Å². The highest BCUT2D eigenvalue weighted by Crippen LogP contribution is 2.25. The van der Waals surface area contributed by atoms with Crippen molar-refractivity contribution in [1.29, 1.82) is 0 Å². The summed E-state index contributed by atoms with van der Waals surface area (Å²) in [6.45, 7) is 1.93. The van der Waals surface area contributed by atoms with Crippen LogP contribution < -0.4 is 11.3 Å². The second kappa shape index (κ2) is 6.55. The van der Waals surface area contributed by atoms with Gasteiger partial charge in [-0.15, -0.1) is 0 Å². The molecule has 0 fully saturated rings. The number of nitrogens with two attached hydrogens (primary N) is 1. The minimum Gasteiger partial charge on any atom is -0.271 e. The lowest BCUT2D eigenvalue weighted by atomic mass is 9.98. The van der Waals surface area contributed by atoms with Crippen LogP contribution >= 0.6 is 23.2 Å². The Kier molecular flexibility index (Phi) is 5.00. The molecule has 1 atom stereocenters. The zero-order chi connectivity index (χ0) is 14.7. The third-order valence-electron chi connectivity index (χ3n) is 3.24. The van der Waals surface area contributed by atoms with E-state index in [1.165, 1.54) is 6.07 Å². The van der Waals surface area contributed by atoms with Crippen molar-refractivity contribution in [3.8, 4) is 0 Å². The minimum absolute atomic E-state index is 0.219. The molecular weight excluding hydrogens is 298 g/mol. The van der Waals surface area contributed by atoms with Gasteiger partial charge in [-0.3, -0.25) is 11.3 Å². The molecule has 20 heavy (non-hydrogen) atoms. The number of nitrogens with one attached hydrogen (secondary N) is 1. The lowest BCUT2D eigenvalue weighted by Gasteiger charge is -2.17. The third-order valence-corrected chi connectivity index (χ3v) is 3.88. The Morgan fingerprint density at radius 2 is 1.95 bits per heavy atom. The predicted molar refractivity (Wildman–Crippen MR) is 81.4 cm³/mol. The molecule has 0 aromatic heterocycles. The van der Waals surface area contributed by atoms with Crippen LogP contribution in [-0.4, -0.2) is 0 Å². The molecule has 0 amide bonds. The molecule has 1 unspecified atom stereocenters. The molecule has 2 aromatic rings. The quantitative estimate of drug-likeness (QED) is 0.656. The Bertz CT molecular complexity index is 617. The smallest absolute Gasteiger partial charge is 0.127 e. The number of halogens is 3. The van der Waals surface area contributed by atoms with Crippen molar-refractivity contribution >= 4 is 23.2 Å². The van der Waals surface area contributed by atoms with Crippen LogP contribution in [-0.2, 0) is 6.42 Å². The largest absolute Gasteiger partial charge is 0.271 e. The van der Waals surface area contributed by atoms with Gasteiger partial charge < -0.3 is 0 Å². The van der Waals surface area contributed by atoms with E-state index in [-0.39, 0.29) is 11.9 Å². The van der Waals surface area contributed by atoms with Crippen molar-refractivity contribution in [2.75, 3.05) is 0 Å². The summed E-state index contributed by atoms with van der Waals surface area (Å²) in [5.74, 6) is 5.24. The fourth-order valence-corrected chi connectivity index (χ4v) is 2.35. The second-order valence-corrected chi connectivity index (χ2v) is 5.51. The molecule has 0 aliphatic carbocycles. The van der Waals surface area contributed by atoms with Crippen molar-refractivity contribution in [3.05, 3.63) is 69.0 Å². The SMILES string of the molecule is Cc1ccc(C(Cc2ccc(Cl)cc2F)NN)cc1Cl. The summed E-state index contributed by atoms with van der Waals surface area (Å²) in [6, 6.07) is 10.1. The normalized spacial score (nSPS) is 12.4. The molecule has 2 aromatic carbocycles. The van der Waals surface area contributed by atoms with Gasteiger partial charge in [0.25, 0.3) is 0 Å². The highest BCUT2D eigenvalue weighted by molar-refractivity contribution is 6.31. The first-order chi connectivity index (χ1) is 9.51. The van der Waals surface area contributed by atoms with E-state index in [4.69, 9.17) is 29.0 Å². The standard InChI is InChI=1S/C15H15Cl2FN2/c1-9-2-3-11(6-13(9)17)15(20-19)7-10-4-5-12(16)8-14(10)18/h2-6,8,15,20H,7,19H2,1H3. The Labute approximate surface area is 127 Å². The second-order valence-electron chi connectivity index (χ2n) is 4.67. The van der Waals surface area contributed by atoms with E-state index < -0.39 is 0 Å². The molecule has 0 heterocycles. The predicted octanol–water partition coefficient (Wildman–Crippen LogP) is 4.19. The fraction of sp³-hybridized carbons (Fsp3) is 0.200. The van der Waals surface area contributed by atoms with Crippen LogP contribution in [0.25, 0.3) is 0 Å². The van der Waals surface area contributed by atoms with Crippen molar-refractivity contribution < 1.29 is 4.39 Å². The van der Waals surface area contributed by atoms with Gasteiger partial charge in [0.1, 0.15) is 5.82 Å². The Balaban J connectivity index is 2.26. The van der Waals surface area contributed by atoms with Crippen molar-refractivity contribution in [3.63, 3.8) is 0 Å². The van der Waals surface area contributed by atoms with Crippen molar-refractivity contribution in [1.82, 2.24) is 5.43 Å². The van der Waals surface area contributed by atoms with E-state index >= 15 is 0 Å². The maximum absolute atomic E-state index is 13.8. The van der Waals surface area contributed by atoms with Crippen LogP contribution in [0.3, 0.4) is 0 Å². The summed E-state index contributed by atoms with van der Waals surface area (Å²) in [5, 5.41) is 1.04. The summed E-state index contributed by atoms with van der Waals surface area (Å²) < 4.78 is 13.8. The molecule has 5 heteroatoms. The summed E-state index contributed by atoms with van der Waals surface area (Å²) in [5.41, 5.74) is 5.15. The summed E-state index contributed by atoms with van der Waals surface area (Å²) in [4.78, 5) is 0. The molecule has 2 rings (SSSR count). The summed E-state index contributed by atoms with van der Waals surface area (Å²) in [7, 11) is 0. The molecule has 0 aliphatic heterocycles. The number of aryl methyl sites for hydroxylation is 1. The highest BCUT2D eigenvalue weighted by atomic mass is 35.5. The monoisotopic (exact) mass is 312 g/mol. The van der Waals surface area contributed by atoms with Gasteiger partial charge in [-0.05, 0) is 48.2 Å². The first kappa shape index (κ1) is 15.3. The molecule has 0 aliphatic rings. The van der Waals surface area contributed by atoms with Crippen LogP contribution in [0.4, 0.5) is 4.39 Å². The fourth-order valence-electron chi connectivity index (χ4n) is 2.01. The van der Waals surface area contributed by atoms with Gasteiger partial charge in [0.2, 0.25) is 0 Å². The van der Waals surface area contributed by atoms with E-state index in [0.29, 0.717) is 22.0 Å². The molecule has 106 valence electrons. The zero-order valence-corrected chi connectivity index (χ0v) is 12.5. The van der Waals surface area contributed by atoms with Gasteiger partial charge in [-0.25, -0.2) is 4.39 Å². The average Bonchev–Trinajstić information content (AvgIpc) is 2.41. The molecule has 0 spiro atoms.